The van der Waals surface area contributed by atoms with Gasteiger partial charge in [0.25, 0.3) is 0 Å². The molecule has 1 heterocycles. The summed E-state index contributed by atoms with van der Waals surface area (Å²) in [6.07, 6.45) is 10.8. The number of hydrogen-bond donors (Lipinski definition) is 0. The standard InChI is InChI=1S/C24H37N3O/c1-8-24(27-19-25-18-26-27,23(6,28-7)22(3,4)5)17-13-9-10-15-21-16-12-11-14-20(21)2/h8,11-12,14,16,18-19H,1,9-10,13,15,17H2,2-7H3. The molecular weight excluding hydrogens is 346 g/mol. The van der Waals surface area contributed by atoms with Crippen LogP contribution in [0.25, 0.3) is 0 Å². The maximum atomic E-state index is 6.16. The molecule has 4 nitrogen and oxygen atoms in total. The molecule has 2 atom stereocenters. The predicted molar refractivity (Wildman–Crippen MR) is 116 cm³/mol. The topological polar surface area (TPSA) is 39.9 Å². The maximum absolute atomic E-state index is 6.16. The van der Waals surface area contributed by atoms with Crippen LogP contribution in [0.1, 0.15) is 64.5 Å². The zero-order valence-electron chi connectivity index (χ0n) is 18.5. The first-order chi connectivity index (χ1) is 13.2. The highest BCUT2D eigenvalue weighted by Crippen LogP contribution is 2.48. The summed E-state index contributed by atoms with van der Waals surface area (Å²) in [6, 6.07) is 8.66. The number of rotatable bonds is 10. The first kappa shape index (κ1) is 22.4. The lowest BCUT2D eigenvalue weighted by molar-refractivity contribution is -0.148. The summed E-state index contributed by atoms with van der Waals surface area (Å²) < 4.78 is 8.11. The smallest absolute Gasteiger partial charge is 0.137 e. The van der Waals surface area contributed by atoms with Gasteiger partial charge in [-0.05, 0) is 49.7 Å². The van der Waals surface area contributed by atoms with Crippen LogP contribution in [0.2, 0.25) is 0 Å². The minimum Gasteiger partial charge on any atom is -0.375 e. The fourth-order valence-electron chi connectivity index (χ4n) is 4.29. The highest BCUT2D eigenvalue weighted by molar-refractivity contribution is 5.25. The molecule has 1 aromatic heterocycles. The van der Waals surface area contributed by atoms with Crippen LogP contribution >= 0.6 is 0 Å². The second-order valence-electron chi connectivity index (χ2n) is 8.94. The van der Waals surface area contributed by atoms with Crippen LogP contribution in [0.3, 0.4) is 0 Å². The highest BCUT2D eigenvalue weighted by atomic mass is 16.5. The van der Waals surface area contributed by atoms with E-state index in [9.17, 15) is 0 Å². The summed E-state index contributed by atoms with van der Waals surface area (Å²) in [4.78, 5) is 4.21. The van der Waals surface area contributed by atoms with Crippen molar-refractivity contribution in [3.63, 3.8) is 0 Å². The first-order valence-electron chi connectivity index (χ1n) is 10.3. The van der Waals surface area contributed by atoms with Gasteiger partial charge in [0.2, 0.25) is 0 Å². The largest absolute Gasteiger partial charge is 0.375 e. The van der Waals surface area contributed by atoms with E-state index >= 15 is 0 Å². The number of aromatic nitrogens is 3. The zero-order chi connectivity index (χ0) is 20.8. The molecule has 0 spiro atoms. The minimum absolute atomic E-state index is 0.108. The summed E-state index contributed by atoms with van der Waals surface area (Å²) in [5.41, 5.74) is 1.78. The monoisotopic (exact) mass is 383 g/mol. The predicted octanol–water partition coefficient (Wildman–Crippen LogP) is 5.72. The van der Waals surface area contributed by atoms with Crippen molar-refractivity contribution in [1.82, 2.24) is 14.8 Å². The van der Waals surface area contributed by atoms with Crippen LogP contribution in [-0.2, 0) is 16.7 Å². The number of aryl methyl sites for hydroxylation is 2. The van der Waals surface area contributed by atoms with Crippen LogP contribution in [-0.4, -0.2) is 27.5 Å². The number of nitrogens with zero attached hydrogens (tertiary/aromatic N) is 3. The second-order valence-corrected chi connectivity index (χ2v) is 8.94. The zero-order valence-corrected chi connectivity index (χ0v) is 18.5. The van der Waals surface area contributed by atoms with Crippen molar-refractivity contribution in [2.45, 2.75) is 77.9 Å². The fraction of sp³-hybridized carbons (Fsp3) is 0.583. The van der Waals surface area contributed by atoms with Gasteiger partial charge in [-0.15, -0.1) is 6.58 Å². The Labute approximate surface area is 171 Å². The van der Waals surface area contributed by atoms with Crippen molar-refractivity contribution in [3.8, 4) is 0 Å². The van der Waals surface area contributed by atoms with Gasteiger partial charge in [-0.3, -0.25) is 0 Å². The molecule has 0 aliphatic heterocycles. The highest BCUT2D eigenvalue weighted by Gasteiger charge is 2.55. The quantitative estimate of drug-likeness (QED) is 0.389. The molecule has 0 fully saturated rings. The van der Waals surface area contributed by atoms with Crippen LogP contribution in [0.4, 0.5) is 0 Å². The van der Waals surface area contributed by atoms with Gasteiger partial charge in [-0.2, -0.15) is 5.10 Å². The Morgan fingerprint density at radius 3 is 2.36 bits per heavy atom. The molecule has 2 aromatic rings. The molecule has 0 saturated heterocycles. The Morgan fingerprint density at radius 2 is 1.82 bits per heavy atom. The lowest BCUT2D eigenvalue weighted by atomic mass is 9.63. The van der Waals surface area contributed by atoms with Crippen LogP contribution in [0.15, 0.2) is 49.6 Å². The van der Waals surface area contributed by atoms with Crippen LogP contribution < -0.4 is 0 Å². The van der Waals surface area contributed by atoms with E-state index in [0.717, 1.165) is 25.7 Å². The molecule has 0 aliphatic rings. The molecule has 0 bridgehead atoms. The minimum atomic E-state index is -0.481. The summed E-state index contributed by atoms with van der Waals surface area (Å²) in [6.45, 7) is 15.2. The lowest BCUT2D eigenvalue weighted by Gasteiger charge is -2.53. The molecule has 0 amide bonds. The Bertz CT molecular complexity index is 747. The van der Waals surface area contributed by atoms with Gasteiger partial charge in [0.15, 0.2) is 0 Å². The third-order valence-corrected chi connectivity index (χ3v) is 6.60. The Morgan fingerprint density at radius 1 is 1.11 bits per heavy atom. The Hall–Kier alpha value is -1.94. The molecular formula is C24H37N3O. The van der Waals surface area contributed by atoms with E-state index in [1.165, 1.54) is 17.5 Å². The SMILES string of the molecule is C=CC(CCCCCc1ccccc1C)(n1cncn1)C(C)(OC)C(C)(C)C. The van der Waals surface area contributed by atoms with Crippen molar-refractivity contribution in [3.05, 3.63) is 60.7 Å². The molecule has 2 unspecified atom stereocenters. The van der Waals surface area contributed by atoms with Crippen molar-refractivity contribution >= 4 is 0 Å². The second kappa shape index (κ2) is 9.04. The molecule has 0 aliphatic carbocycles. The number of benzene rings is 1. The molecule has 28 heavy (non-hydrogen) atoms. The average molecular weight is 384 g/mol. The van der Waals surface area contributed by atoms with Gasteiger partial charge < -0.3 is 4.74 Å². The summed E-state index contributed by atoms with van der Waals surface area (Å²) in [7, 11) is 1.79. The van der Waals surface area contributed by atoms with Crippen molar-refractivity contribution in [2.24, 2.45) is 5.41 Å². The molecule has 0 radical (unpaired) electrons. The van der Waals surface area contributed by atoms with E-state index in [1.54, 1.807) is 19.8 Å². The fourth-order valence-corrected chi connectivity index (χ4v) is 4.29. The molecule has 0 saturated carbocycles. The van der Waals surface area contributed by atoms with Gasteiger partial charge in [0.1, 0.15) is 18.2 Å². The van der Waals surface area contributed by atoms with E-state index in [0.29, 0.717) is 0 Å². The van der Waals surface area contributed by atoms with E-state index < -0.39 is 11.1 Å². The third kappa shape index (κ3) is 4.22. The molecule has 0 N–H and O–H groups in total. The number of hydrogen-bond acceptors (Lipinski definition) is 3. The van der Waals surface area contributed by atoms with Crippen molar-refractivity contribution in [2.75, 3.05) is 7.11 Å². The number of unbranched alkanes of at least 4 members (excludes halogenated alkanes) is 2. The lowest BCUT2D eigenvalue weighted by Crippen LogP contribution is -2.60. The van der Waals surface area contributed by atoms with Crippen molar-refractivity contribution < 1.29 is 4.74 Å². The van der Waals surface area contributed by atoms with Gasteiger partial charge in [-0.1, -0.05) is 64.0 Å². The van der Waals surface area contributed by atoms with Gasteiger partial charge in [-0.25, -0.2) is 9.67 Å². The summed E-state index contributed by atoms with van der Waals surface area (Å²) >= 11 is 0. The normalized spacial score (nSPS) is 16.4. The number of methoxy groups -OCH3 is 1. The van der Waals surface area contributed by atoms with Gasteiger partial charge in [0.05, 0.1) is 5.60 Å². The van der Waals surface area contributed by atoms with E-state index in [2.05, 4.69) is 75.5 Å². The molecule has 2 rings (SSSR count). The van der Waals surface area contributed by atoms with E-state index in [-0.39, 0.29) is 5.41 Å². The van der Waals surface area contributed by atoms with E-state index in [4.69, 9.17) is 4.74 Å². The Balaban J connectivity index is 2.15. The molecule has 4 heteroatoms. The van der Waals surface area contributed by atoms with Gasteiger partial charge >= 0.3 is 0 Å². The molecule has 1 aromatic carbocycles. The first-order valence-corrected chi connectivity index (χ1v) is 10.3. The van der Waals surface area contributed by atoms with Crippen LogP contribution in [0, 0.1) is 12.3 Å². The van der Waals surface area contributed by atoms with Crippen molar-refractivity contribution in [1.29, 1.82) is 0 Å². The van der Waals surface area contributed by atoms with Gasteiger partial charge in [0, 0.05) is 7.11 Å². The third-order valence-electron chi connectivity index (χ3n) is 6.60. The Kier molecular flexibility index (Phi) is 7.22. The maximum Gasteiger partial charge on any atom is 0.137 e. The van der Waals surface area contributed by atoms with Crippen LogP contribution in [0.5, 0.6) is 0 Å². The summed E-state index contributed by atoms with van der Waals surface area (Å²) in [5.74, 6) is 0. The van der Waals surface area contributed by atoms with E-state index in [1.807, 2.05) is 10.8 Å². The molecule has 154 valence electrons. The number of ether oxygens (including phenoxy) is 1. The summed E-state index contributed by atoms with van der Waals surface area (Å²) in [5, 5.41) is 4.50. The average Bonchev–Trinajstić information content (AvgIpc) is 3.20.